The van der Waals surface area contributed by atoms with Gasteiger partial charge in [0.25, 0.3) is 0 Å². The number of aliphatic carboxylic acids is 4. The Morgan fingerprint density at radius 1 is 0.750 bits per heavy atom. The van der Waals surface area contributed by atoms with Gasteiger partial charge in [0, 0.05) is 49.5 Å². The Balaban J connectivity index is 0.000000477. The minimum atomic E-state index is -1.82. The molecule has 2 heterocycles. The predicted octanol–water partition coefficient (Wildman–Crippen LogP) is 2.88. The highest BCUT2D eigenvalue weighted by atomic mass is 32.1. The fourth-order valence-electron chi connectivity index (χ4n) is 3.99. The molecule has 0 spiro atoms. The molecule has 4 rings (SSSR count). The summed E-state index contributed by atoms with van der Waals surface area (Å²) in [5.41, 5.74) is 6.54. The van der Waals surface area contributed by atoms with Crippen LogP contribution in [-0.2, 0) is 30.5 Å². The number of nitrogens with zero attached hydrogens (tertiary/aromatic N) is 3. The molecule has 6 N–H and O–H groups in total. The molecule has 1 aromatic heterocycles. The van der Waals surface area contributed by atoms with Crippen molar-refractivity contribution >= 4 is 57.6 Å². The number of anilines is 3. The maximum Gasteiger partial charge on any atom is 0.414 e. The zero-order valence-electron chi connectivity index (χ0n) is 24.4. The van der Waals surface area contributed by atoms with Crippen LogP contribution in [0.5, 0.6) is 0 Å². The lowest BCUT2D eigenvalue weighted by Gasteiger charge is -2.33. The van der Waals surface area contributed by atoms with E-state index in [0.29, 0.717) is 6.54 Å². The zero-order valence-corrected chi connectivity index (χ0v) is 25.3. The van der Waals surface area contributed by atoms with Crippen LogP contribution in [0.3, 0.4) is 0 Å². The monoisotopic (exact) mass is 629 g/mol. The number of nitrogens with one attached hydrogen (secondary N) is 2. The van der Waals surface area contributed by atoms with Gasteiger partial charge in [0.1, 0.15) is 0 Å². The van der Waals surface area contributed by atoms with Crippen molar-refractivity contribution in [3.63, 3.8) is 0 Å². The first kappa shape index (κ1) is 35.3. The third-order valence-corrected chi connectivity index (χ3v) is 7.07. The summed E-state index contributed by atoms with van der Waals surface area (Å²) < 4.78 is 0. The number of hydrogen-bond donors (Lipinski definition) is 6. The van der Waals surface area contributed by atoms with Crippen molar-refractivity contribution in [3.8, 4) is 0 Å². The van der Waals surface area contributed by atoms with Gasteiger partial charge in [-0.1, -0.05) is 36.4 Å². The standard InChI is InChI=1S/C25H31N5OS.2C2H2O4/c1-18-7-4-5-10-22(18)27-25-26-21(17-32-25)15-29-11-13-30(14-12-29)16-23(31)28-24-19(2)8-6-9-20(24)3;2*3-1(4)2(5)6/h4-10,17H,11-16H2,1-3H3,(H,26,27)(H,28,31);2*(H,3,4)(H,5,6). The lowest BCUT2D eigenvalue weighted by Crippen LogP contribution is -2.48. The summed E-state index contributed by atoms with van der Waals surface area (Å²) in [6.45, 7) is 11.1. The van der Waals surface area contributed by atoms with Gasteiger partial charge < -0.3 is 31.1 Å². The lowest BCUT2D eigenvalue weighted by atomic mass is 10.1. The number of hydrogen-bond acceptors (Lipinski definition) is 10. The number of thiazole rings is 1. The first-order valence-corrected chi connectivity index (χ1v) is 14.1. The Morgan fingerprint density at radius 3 is 1.77 bits per heavy atom. The quantitative estimate of drug-likeness (QED) is 0.208. The number of carboxylic acid groups (broad SMARTS) is 4. The van der Waals surface area contributed by atoms with E-state index in [1.54, 1.807) is 11.3 Å². The van der Waals surface area contributed by atoms with Crippen molar-refractivity contribution in [2.24, 2.45) is 0 Å². The number of para-hydroxylation sites is 2. The van der Waals surface area contributed by atoms with Crippen molar-refractivity contribution in [2.45, 2.75) is 27.3 Å². The lowest BCUT2D eigenvalue weighted by molar-refractivity contribution is -0.159. The number of carbonyl (C=O) groups is 5. The summed E-state index contributed by atoms with van der Waals surface area (Å²) in [5.74, 6) is -7.24. The van der Waals surface area contributed by atoms with Crippen molar-refractivity contribution in [2.75, 3.05) is 43.4 Å². The van der Waals surface area contributed by atoms with E-state index in [0.717, 1.165) is 66.1 Å². The van der Waals surface area contributed by atoms with E-state index < -0.39 is 23.9 Å². The molecule has 1 aliphatic rings. The van der Waals surface area contributed by atoms with Gasteiger partial charge in [-0.25, -0.2) is 24.2 Å². The number of carbonyl (C=O) groups excluding carboxylic acids is 1. The molecule has 44 heavy (non-hydrogen) atoms. The average Bonchev–Trinajstić information content (AvgIpc) is 3.40. The molecule has 14 nitrogen and oxygen atoms in total. The van der Waals surface area contributed by atoms with Crippen molar-refractivity contribution in [1.82, 2.24) is 14.8 Å². The van der Waals surface area contributed by atoms with Crippen molar-refractivity contribution < 1.29 is 44.4 Å². The van der Waals surface area contributed by atoms with Crippen molar-refractivity contribution in [3.05, 3.63) is 70.2 Å². The summed E-state index contributed by atoms with van der Waals surface area (Å²) in [6.07, 6.45) is 0. The predicted molar refractivity (Wildman–Crippen MR) is 163 cm³/mol. The number of carboxylic acids is 4. The number of piperazine rings is 1. The van der Waals surface area contributed by atoms with Crippen LogP contribution in [0.1, 0.15) is 22.4 Å². The molecular weight excluding hydrogens is 594 g/mol. The van der Waals surface area contributed by atoms with E-state index in [4.69, 9.17) is 44.6 Å². The third-order valence-electron chi connectivity index (χ3n) is 6.27. The Bertz CT molecular complexity index is 1400. The average molecular weight is 630 g/mol. The molecule has 0 radical (unpaired) electrons. The van der Waals surface area contributed by atoms with Gasteiger partial charge in [-0.3, -0.25) is 14.6 Å². The Kier molecular flexibility index (Phi) is 13.9. The summed E-state index contributed by atoms with van der Waals surface area (Å²) >= 11 is 1.64. The molecule has 1 aliphatic heterocycles. The highest BCUT2D eigenvalue weighted by Gasteiger charge is 2.20. The molecule has 236 valence electrons. The molecule has 15 heteroatoms. The van der Waals surface area contributed by atoms with E-state index >= 15 is 0 Å². The van der Waals surface area contributed by atoms with E-state index in [2.05, 4.69) is 44.9 Å². The maximum absolute atomic E-state index is 12.6. The van der Waals surface area contributed by atoms with E-state index in [-0.39, 0.29) is 5.91 Å². The second kappa shape index (κ2) is 17.3. The Hall–Kier alpha value is -4.86. The fraction of sp³-hybridized carbons (Fsp3) is 0.310. The van der Waals surface area contributed by atoms with Crippen LogP contribution in [0, 0.1) is 20.8 Å². The van der Waals surface area contributed by atoms with Gasteiger partial charge in [0.05, 0.1) is 12.2 Å². The molecule has 0 saturated carbocycles. The normalized spacial score (nSPS) is 12.9. The van der Waals surface area contributed by atoms with Crippen LogP contribution in [0.2, 0.25) is 0 Å². The first-order valence-electron chi connectivity index (χ1n) is 13.3. The molecule has 0 atom stereocenters. The van der Waals surface area contributed by atoms with Gasteiger partial charge in [0.15, 0.2) is 5.13 Å². The highest BCUT2D eigenvalue weighted by molar-refractivity contribution is 7.13. The van der Waals surface area contributed by atoms with Crippen LogP contribution in [0.15, 0.2) is 47.8 Å². The molecule has 1 amide bonds. The van der Waals surface area contributed by atoms with Gasteiger partial charge in [-0.15, -0.1) is 11.3 Å². The second-order valence-electron chi connectivity index (χ2n) is 9.67. The van der Waals surface area contributed by atoms with E-state index in [1.165, 1.54) is 5.56 Å². The molecule has 1 fully saturated rings. The fourth-order valence-corrected chi connectivity index (χ4v) is 4.71. The van der Waals surface area contributed by atoms with Crippen LogP contribution < -0.4 is 10.6 Å². The molecule has 1 saturated heterocycles. The number of benzene rings is 2. The molecule has 0 unspecified atom stereocenters. The van der Waals surface area contributed by atoms with Gasteiger partial charge in [0.2, 0.25) is 5.91 Å². The molecule has 2 aromatic carbocycles. The number of aromatic nitrogens is 1. The van der Waals surface area contributed by atoms with Gasteiger partial charge in [-0.05, 0) is 43.5 Å². The largest absolute Gasteiger partial charge is 0.473 e. The highest BCUT2D eigenvalue weighted by Crippen LogP contribution is 2.24. The van der Waals surface area contributed by atoms with Gasteiger partial charge >= 0.3 is 23.9 Å². The SMILES string of the molecule is Cc1ccccc1Nc1nc(CN2CCN(CC(=O)Nc3c(C)cccc3C)CC2)cs1.O=C(O)C(=O)O.O=C(O)C(=O)O. The smallest absolute Gasteiger partial charge is 0.414 e. The first-order chi connectivity index (χ1) is 20.8. The molecular formula is C29H35N5O9S. The second-order valence-corrected chi connectivity index (χ2v) is 10.5. The summed E-state index contributed by atoms with van der Waals surface area (Å²) in [5, 5.41) is 39.1. The topological polar surface area (TPSA) is 210 Å². The minimum Gasteiger partial charge on any atom is -0.473 e. The van der Waals surface area contributed by atoms with Gasteiger partial charge in [-0.2, -0.15) is 0 Å². The van der Waals surface area contributed by atoms with Crippen LogP contribution in [0.4, 0.5) is 16.5 Å². The summed E-state index contributed by atoms with van der Waals surface area (Å²) in [6, 6.07) is 14.3. The molecule has 3 aromatic rings. The van der Waals surface area contributed by atoms with E-state index in [9.17, 15) is 4.79 Å². The summed E-state index contributed by atoms with van der Waals surface area (Å²) in [7, 11) is 0. The van der Waals surface area contributed by atoms with E-state index in [1.807, 2.05) is 44.2 Å². The maximum atomic E-state index is 12.6. The van der Waals surface area contributed by atoms with Crippen LogP contribution in [0.25, 0.3) is 0 Å². The molecule has 0 bridgehead atoms. The van der Waals surface area contributed by atoms with Crippen LogP contribution in [-0.4, -0.2) is 97.7 Å². The van der Waals surface area contributed by atoms with Crippen molar-refractivity contribution in [1.29, 1.82) is 0 Å². The third kappa shape index (κ3) is 12.2. The Morgan fingerprint density at radius 2 is 1.25 bits per heavy atom. The van der Waals surface area contributed by atoms with Crippen LogP contribution >= 0.6 is 11.3 Å². The number of rotatable bonds is 7. The minimum absolute atomic E-state index is 0.0577. The number of amides is 1. The number of aryl methyl sites for hydroxylation is 3. The Labute approximate surface area is 257 Å². The molecule has 0 aliphatic carbocycles. The zero-order chi connectivity index (χ0) is 32.8. The summed E-state index contributed by atoms with van der Waals surface area (Å²) in [4.78, 5) is 58.3.